The van der Waals surface area contributed by atoms with Crippen LogP contribution in [0.4, 0.5) is 22.5 Å². The number of piperazine rings is 1. The van der Waals surface area contributed by atoms with E-state index in [2.05, 4.69) is 30.4 Å². The summed E-state index contributed by atoms with van der Waals surface area (Å²) in [6.07, 6.45) is 9.32. The average Bonchev–Trinajstić information content (AvgIpc) is 3.58. The number of ether oxygens (including phenoxy) is 3. The number of carbonyl (C=O) groups excluding carboxylic acids is 2. The van der Waals surface area contributed by atoms with Gasteiger partial charge in [0.25, 0.3) is 5.91 Å². The first-order chi connectivity index (χ1) is 24.8. The van der Waals surface area contributed by atoms with Gasteiger partial charge >= 0.3 is 0 Å². The van der Waals surface area contributed by atoms with Gasteiger partial charge in [-0.3, -0.25) is 14.5 Å². The molecular formula is C36H53ClN8O5S. The van der Waals surface area contributed by atoms with Crippen LogP contribution in [-0.2, 0) is 19.0 Å². The van der Waals surface area contributed by atoms with Crippen LogP contribution in [0.15, 0.2) is 30.5 Å². The smallest absolute Gasteiger partial charge is 0.267 e. The molecule has 4 rings (SSSR count). The molecule has 2 aromatic heterocycles. The Balaban J connectivity index is 1.03. The molecule has 3 aromatic rings. The highest BCUT2D eigenvalue weighted by atomic mass is 35.5. The zero-order valence-corrected chi connectivity index (χ0v) is 31.5. The van der Waals surface area contributed by atoms with Gasteiger partial charge in [-0.15, -0.1) is 0 Å². The Bertz CT molecular complexity index is 1480. The fraction of sp³-hybridized carbons (Fsp3) is 0.583. The summed E-state index contributed by atoms with van der Waals surface area (Å²) < 4.78 is 16.8. The number of halogens is 1. The van der Waals surface area contributed by atoms with E-state index in [1.54, 1.807) is 12.3 Å². The number of nitrogens with one attached hydrogen (secondary N) is 2. The van der Waals surface area contributed by atoms with E-state index < -0.39 is 0 Å². The summed E-state index contributed by atoms with van der Waals surface area (Å²) in [7, 11) is 0. The number of aromatic nitrogens is 3. The third-order valence-electron chi connectivity index (χ3n) is 8.41. The van der Waals surface area contributed by atoms with Crippen molar-refractivity contribution in [3.05, 3.63) is 51.7 Å². The Morgan fingerprint density at radius 3 is 2.24 bits per heavy atom. The van der Waals surface area contributed by atoms with Crippen LogP contribution >= 0.6 is 22.9 Å². The van der Waals surface area contributed by atoms with Gasteiger partial charge in [0.2, 0.25) is 5.91 Å². The van der Waals surface area contributed by atoms with Crippen molar-refractivity contribution in [2.24, 2.45) is 5.73 Å². The minimum atomic E-state index is -0.262. The molecule has 0 atom stereocenters. The maximum atomic E-state index is 12.9. The van der Waals surface area contributed by atoms with E-state index in [4.69, 9.17) is 36.5 Å². The van der Waals surface area contributed by atoms with E-state index in [0.29, 0.717) is 71.8 Å². The molecule has 51 heavy (non-hydrogen) atoms. The molecule has 0 spiro atoms. The average molecular weight is 745 g/mol. The first-order valence-electron chi connectivity index (χ1n) is 17.9. The summed E-state index contributed by atoms with van der Waals surface area (Å²) in [6, 6.07) is 7.45. The maximum absolute atomic E-state index is 12.9. The Labute approximate surface area is 310 Å². The molecule has 1 saturated heterocycles. The molecule has 280 valence electrons. The molecule has 1 aliphatic rings. The summed E-state index contributed by atoms with van der Waals surface area (Å²) >= 11 is 7.54. The molecule has 3 heterocycles. The Morgan fingerprint density at radius 2 is 1.55 bits per heavy atom. The number of para-hydroxylation sites is 1. The van der Waals surface area contributed by atoms with Gasteiger partial charge in [-0.05, 0) is 57.7 Å². The van der Waals surface area contributed by atoms with Crippen molar-refractivity contribution < 1.29 is 23.8 Å². The third kappa shape index (κ3) is 15.0. The molecule has 1 aromatic carbocycles. The highest BCUT2D eigenvalue weighted by Gasteiger charge is 2.20. The summed E-state index contributed by atoms with van der Waals surface area (Å²) in [4.78, 5) is 42.5. The van der Waals surface area contributed by atoms with Crippen molar-refractivity contribution in [2.45, 2.75) is 65.2 Å². The number of aryl methyl sites for hydroxylation is 2. The zero-order chi connectivity index (χ0) is 36.3. The lowest BCUT2D eigenvalue weighted by atomic mass is 10.2. The predicted octanol–water partition coefficient (Wildman–Crippen LogP) is 5.98. The van der Waals surface area contributed by atoms with Crippen LogP contribution in [0, 0.1) is 13.8 Å². The number of benzene rings is 1. The van der Waals surface area contributed by atoms with Gasteiger partial charge in [-0.1, -0.05) is 54.3 Å². The number of nitrogens with zero attached hydrogens (tertiary/aromatic N) is 5. The fourth-order valence-electron chi connectivity index (χ4n) is 5.61. The molecule has 15 heteroatoms. The molecule has 13 nitrogen and oxygen atoms in total. The summed E-state index contributed by atoms with van der Waals surface area (Å²) in [5.74, 6) is 1.70. The quantitative estimate of drug-likeness (QED) is 0.0928. The molecule has 0 unspecified atom stereocenters. The van der Waals surface area contributed by atoms with Gasteiger partial charge in [0.05, 0.1) is 43.3 Å². The highest BCUT2D eigenvalue weighted by Crippen LogP contribution is 2.28. The van der Waals surface area contributed by atoms with E-state index in [0.717, 1.165) is 82.8 Å². The number of thiazole rings is 1. The largest absolute Gasteiger partial charge is 0.379 e. The molecular weight excluding hydrogens is 692 g/mol. The molecule has 4 N–H and O–H groups in total. The maximum Gasteiger partial charge on any atom is 0.267 e. The first kappa shape index (κ1) is 40.4. The number of anilines is 4. The molecule has 0 saturated carbocycles. The second-order valence-electron chi connectivity index (χ2n) is 12.6. The molecule has 0 aliphatic carbocycles. The normalized spacial score (nSPS) is 13.4. The van der Waals surface area contributed by atoms with Crippen molar-refractivity contribution in [3.8, 4) is 0 Å². The van der Waals surface area contributed by atoms with Crippen LogP contribution in [0.5, 0.6) is 0 Å². The summed E-state index contributed by atoms with van der Waals surface area (Å²) in [5.41, 5.74) is 6.62. The number of hydrogen-bond acceptors (Lipinski definition) is 12. The second kappa shape index (κ2) is 22.5. The Hall–Kier alpha value is -3.40. The lowest BCUT2D eigenvalue weighted by Gasteiger charge is -2.35. The lowest BCUT2D eigenvalue weighted by molar-refractivity contribution is -0.118. The van der Waals surface area contributed by atoms with Crippen LogP contribution in [-0.4, -0.2) is 104 Å². The summed E-state index contributed by atoms with van der Waals surface area (Å²) in [5, 5.41) is 7.22. The molecule has 0 radical (unpaired) electrons. The van der Waals surface area contributed by atoms with Crippen LogP contribution in [0.3, 0.4) is 0 Å². The fourth-order valence-corrected chi connectivity index (χ4v) is 6.59. The second-order valence-corrected chi connectivity index (χ2v) is 14.0. The lowest BCUT2D eigenvalue weighted by Crippen LogP contribution is -2.47. The van der Waals surface area contributed by atoms with Gasteiger partial charge in [-0.2, -0.15) is 0 Å². The van der Waals surface area contributed by atoms with Gasteiger partial charge in [0, 0.05) is 51.9 Å². The van der Waals surface area contributed by atoms with E-state index in [-0.39, 0.29) is 11.8 Å². The van der Waals surface area contributed by atoms with Gasteiger partial charge < -0.3 is 35.5 Å². The monoisotopic (exact) mass is 744 g/mol. The summed E-state index contributed by atoms with van der Waals surface area (Å²) in [6.45, 7) is 12.5. The minimum Gasteiger partial charge on any atom is -0.379 e. The molecule has 1 fully saturated rings. The van der Waals surface area contributed by atoms with Crippen molar-refractivity contribution in [1.82, 2.24) is 19.9 Å². The standard InChI is InChI=1S/C36H53ClN8O5S/c1-27-11-10-12-29(37)34(27)43-35(47)30-26-39-36(51-30)42-32-25-33(41-28(2)40-32)45-17-15-44(16-18-45)14-7-3-4-8-19-48-21-23-50-24-22-49-20-9-5-6-13-31(38)46/h10-12,25-26H,3-9,13-24H2,1-2H3,(H2,38,46)(H,43,47)(H,39,40,41,42). The number of rotatable bonds is 24. The van der Waals surface area contributed by atoms with Crippen LogP contribution in [0.25, 0.3) is 0 Å². The first-order valence-corrected chi connectivity index (χ1v) is 19.1. The highest BCUT2D eigenvalue weighted by molar-refractivity contribution is 7.17. The Morgan fingerprint density at radius 1 is 0.882 bits per heavy atom. The van der Waals surface area contributed by atoms with E-state index in [1.807, 2.05) is 32.0 Å². The third-order valence-corrected chi connectivity index (χ3v) is 9.64. The molecule has 2 amide bonds. The number of nitrogens with two attached hydrogens (primary N) is 1. The number of hydrogen-bond donors (Lipinski definition) is 3. The van der Waals surface area contributed by atoms with Crippen molar-refractivity contribution in [3.63, 3.8) is 0 Å². The van der Waals surface area contributed by atoms with E-state index in [9.17, 15) is 9.59 Å². The van der Waals surface area contributed by atoms with E-state index in [1.165, 1.54) is 24.2 Å². The van der Waals surface area contributed by atoms with Crippen molar-refractivity contribution >= 4 is 57.2 Å². The SMILES string of the molecule is Cc1nc(Nc2ncc(C(=O)Nc3c(C)cccc3Cl)s2)cc(N2CCN(CCCCCCOCCOCCOCCCCCC(N)=O)CC2)n1. The van der Waals surface area contributed by atoms with Gasteiger partial charge in [-0.25, -0.2) is 15.0 Å². The van der Waals surface area contributed by atoms with Gasteiger partial charge in [0.1, 0.15) is 22.3 Å². The van der Waals surface area contributed by atoms with Crippen molar-refractivity contribution in [1.29, 1.82) is 0 Å². The Kier molecular flexibility index (Phi) is 17.8. The van der Waals surface area contributed by atoms with Crippen molar-refractivity contribution in [2.75, 3.05) is 87.9 Å². The zero-order valence-electron chi connectivity index (χ0n) is 30.0. The van der Waals surface area contributed by atoms with Crippen LogP contribution in [0.1, 0.15) is 72.4 Å². The van der Waals surface area contributed by atoms with Gasteiger partial charge in [0.15, 0.2) is 5.13 Å². The predicted molar refractivity (Wildman–Crippen MR) is 204 cm³/mol. The molecule has 1 aliphatic heterocycles. The molecule has 0 bridgehead atoms. The topological polar surface area (TPSA) is 157 Å². The minimum absolute atomic E-state index is 0.241. The number of amides is 2. The van der Waals surface area contributed by atoms with Crippen LogP contribution in [0.2, 0.25) is 5.02 Å². The number of primary amides is 1. The van der Waals surface area contributed by atoms with E-state index >= 15 is 0 Å². The number of carbonyl (C=O) groups is 2. The number of unbranched alkanes of at least 4 members (excludes halogenated alkanes) is 5. The van der Waals surface area contributed by atoms with Crippen LogP contribution < -0.4 is 21.3 Å².